The number of aryl methyl sites for hydroxylation is 1. The SMILES string of the molecule is CCOCC1N=C2C(N)=CC=C3N(OCc4ccc(C)cc4)C(CC(C)C)=CCC32N1. The summed E-state index contributed by atoms with van der Waals surface area (Å²) in [6.07, 6.45) is 7.90. The number of hydrogen-bond donors (Lipinski definition) is 2. The highest BCUT2D eigenvalue weighted by Gasteiger charge is 2.51. The van der Waals surface area contributed by atoms with E-state index in [2.05, 4.69) is 62.5 Å². The number of hydrogen-bond acceptors (Lipinski definition) is 6. The number of allylic oxidation sites excluding steroid dienone is 3. The smallest absolute Gasteiger partial charge is 0.125 e. The number of nitrogens with one attached hydrogen (secondary N) is 1. The fraction of sp³-hybridized carbons (Fsp3) is 0.480. The van der Waals surface area contributed by atoms with E-state index in [0.29, 0.717) is 31.4 Å². The molecule has 2 atom stereocenters. The minimum atomic E-state index is -0.478. The average Bonchev–Trinajstić information content (AvgIpc) is 3.12. The first-order valence-corrected chi connectivity index (χ1v) is 11.2. The second-order valence-electron chi connectivity index (χ2n) is 8.93. The van der Waals surface area contributed by atoms with E-state index < -0.39 is 5.54 Å². The molecule has 2 unspecified atom stereocenters. The highest BCUT2D eigenvalue weighted by atomic mass is 16.7. The van der Waals surface area contributed by atoms with Crippen molar-refractivity contribution < 1.29 is 9.57 Å². The third-order valence-corrected chi connectivity index (χ3v) is 5.94. The van der Waals surface area contributed by atoms with E-state index in [1.54, 1.807) is 0 Å². The second kappa shape index (κ2) is 8.99. The third-order valence-electron chi connectivity index (χ3n) is 5.94. The summed E-state index contributed by atoms with van der Waals surface area (Å²) in [5.74, 6) is 0.519. The van der Waals surface area contributed by atoms with Gasteiger partial charge in [0.2, 0.25) is 0 Å². The molecule has 4 rings (SSSR count). The van der Waals surface area contributed by atoms with Crippen molar-refractivity contribution in [1.29, 1.82) is 0 Å². The Morgan fingerprint density at radius 2 is 2.03 bits per heavy atom. The zero-order valence-corrected chi connectivity index (χ0v) is 19.0. The fourth-order valence-corrected chi connectivity index (χ4v) is 4.44. The summed E-state index contributed by atoms with van der Waals surface area (Å²) < 4.78 is 5.64. The first kappa shape index (κ1) is 21.8. The first-order valence-electron chi connectivity index (χ1n) is 11.2. The Morgan fingerprint density at radius 1 is 1.26 bits per heavy atom. The van der Waals surface area contributed by atoms with Crippen LogP contribution in [0.15, 0.2) is 64.6 Å². The lowest BCUT2D eigenvalue weighted by Gasteiger charge is -2.45. The molecule has 166 valence electrons. The van der Waals surface area contributed by atoms with E-state index in [0.717, 1.165) is 29.8 Å². The predicted molar refractivity (Wildman–Crippen MR) is 124 cm³/mol. The van der Waals surface area contributed by atoms with Gasteiger partial charge in [-0.05, 0) is 50.3 Å². The van der Waals surface area contributed by atoms with Crippen molar-refractivity contribution in [3.63, 3.8) is 0 Å². The number of aliphatic imine (C=N–C) groups is 1. The predicted octanol–water partition coefficient (Wildman–Crippen LogP) is 3.95. The van der Waals surface area contributed by atoms with Crippen molar-refractivity contribution in [1.82, 2.24) is 10.4 Å². The van der Waals surface area contributed by atoms with Gasteiger partial charge in [-0.2, -0.15) is 0 Å². The Morgan fingerprint density at radius 3 is 2.74 bits per heavy atom. The number of hydroxylamine groups is 2. The Kier molecular flexibility index (Phi) is 6.32. The van der Waals surface area contributed by atoms with E-state index >= 15 is 0 Å². The topological polar surface area (TPSA) is 72.1 Å². The maximum Gasteiger partial charge on any atom is 0.125 e. The summed E-state index contributed by atoms with van der Waals surface area (Å²) in [5, 5.41) is 5.71. The molecule has 0 radical (unpaired) electrons. The largest absolute Gasteiger partial charge is 0.397 e. The molecule has 0 fully saturated rings. The number of rotatable bonds is 8. The Hall–Kier alpha value is -2.41. The Bertz CT molecular complexity index is 929. The summed E-state index contributed by atoms with van der Waals surface area (Å²) in [6.45, 7) is 10.2. The molecule has 3 N–H and O–H groups in total. The molecule has 1 aliphatic carbocycles. The van der Waals surface area contributed by atoms with Crippen LogP contribution in [-0.2, 0) is 16.2 Å². The minimum Gasteiger partial charge on any atom is -0.397 e. The zero-order chi connectivity index (χ0) is 22.0. The third kappa shape index (κ3) is 4.33. The summed E-state index contributed by atoms with van der Waals surface area (Å²) in [5.41, 5.74) is 12.1. The zero-order valence-electron chi connectivity index (χ0n) is 19.0. The Balaban J connectivity index is 1.65. The van der Waals surface area contributed by atoms with Gasteiger partial charge >= 0.3 is 0 Å². The maximum atomic E-state index is 6.45. The lowest BCUT2D eigenvalue weighted by Crippen LogP contribution is -2.59. The fourth-order valence-electron chi connectivity index (χ4n) is 4.44. The molecular formula is C25H34N4O2. The highest BCUT2D eigenvalue weighted by Crippen LogP contribution is 2.42. The summed E-state index contributed by atoms with van der Waals surface area (Å²) in [6, 6.07) is 8.47. The van der Waals surface area contributed by atoms with Gasteiger partial charge in [0.15, 0.2) is 0 Å². The van der Waals surface area contributed by atoms with Gasteiger partial charge < -0.3 is 10.5 Å². The first-order chi connectivity index (χ1) is 14.9. The minimum absolute atomic E-state index is 0.123. The maximum absolute atomic E-state index is 6.45. The summed E-state index contributed by atoms with van der Waals surface area (Å²) in [4.78, 5) is 11.3. The van der Waals surface area contributed by atoms with Crippen LogP contribution < -0.4 is 11.1 Å². The highest BCUT2D eigenvalue weighted by molar-refractivity contribution is 6.11. The number of ether oxygens (including phenoxy) is 1. The van der Waals surface area contributed by atoms with Gasteiger partial charge in [0.05, 0.1) is 23.7 Å². The van der Waals surface area contributed by atoms with Crippen molar-refractivity contribution in [2.75, 3.05) is 13.2 Å². The van der Waals surface area contributed by atoms with E-state index in [-0.39, 0.29) is 6.17 Å². The molecule has 2 aliphatic heterocycles. The molecule has 6 heteroatoms. The van der Waals surface area contributed by atoms with Crippen molar-refractivity contribution in [3.05, 3.63) is 70.7 Å². The van der Waals surface area contributed by atoms with E-state index in [1.807, 2.05) is 18.1 Å². The summed E-state index contributed by atoms with van der Waals surface area (Å²) >= 11 is 0. The van der Waals surface area contributed by atoms with Crippen LogP contribution in [0.4, 0.5) is 0 Å². The van der Waals surface area contributed by atoms with Gasteiger partial charge in [0, 0.05) is 12.3 Å². The van der Waals surface area contributed by atoms with Crippen LogP contribution in [0.3, 0.4) is 0 Å². The van der Waals surface area contributed by atoms with Crippen LogP contribution in [0.1, 0.15) is 44.7 Å². The normalized spacial score (nSPS) is 24.9. The molecule has 0 saturated carbocycles. The summed E-state index contributed by atoms with van der Waals surface area (Å²) in [7, 11) is 0. The second-order valence-corrected chi connectivity index (χ2v) is 8.93. The molecular weight excluding hydrogens is 388 g/mol. The standard InChI is InChI=1S/C25H34N4O2/c1-5-30-16-23-27-24-21(26)10-11-22-25(24,28-23)13-12-20(14-17(2)3)29(22)31-15-19-8-6-18(4)7-9-19/h6-12,17,23,28H,5,13-16,26H2,1-4H3. The van der Waals surface area contributed by atoms with Gasteiger partial charge in [-0.1, -0.05) is 49.8 Å². The molecule has 3 aliphatic rings. The number of nitrogens with zero attached hydrogens (tertiary/aromatic N) is 2. The molecule has 0 amide bonds. The molecule has 31 heavy (non-hydrogen) atoms. The number of nitrogens with two attached hydrogens (primary N) is 1. The molecule has 0 bridgehead atoms. The molecule has 0 saturated heterocycles. The molecule has 1 aromatic rings. The van der Waals surface area contributed by atoms with Crippen LogP contribution in [0.25, 0.3) is 0 Å². The molecule has 6 nitrogen and oxygen atoms in total. The van der Waals surface area contributed by atoms with E-state index in [1.165, 1.54) is 11.3 Å². The van der Waals surface area contributed by atoms with Gasteiger partial charge in [-0.15, -0.1) is 0 Å². The lowest BCUT2D eigenvalue weighted by molar-refractivity contribution is -0.129. The van der Waals surface area contributed by atoms with E-state index in [9.17, 15) is 0 Å². The van der Waals surface area contributed by atoms with Crippen LogP contribution >= 0.6 is 0 Å². The Labute approximate surface area is 185 Å². The van der Waals surface area contributed by atoms with Crippen molar-refractivity contribution in [2.24, 2.45) is 16.6 Å². The molecule has 1 spiro atoms. The van der Waals surface area contributed by atoms with Gasteiger partial charge in [-0.3, -0.25) is 15.1 Å². The van der Waals surface area contributed by atoms with Crippen LogP contribution in [0.5, 0.6) is 0 Å². The van der Waals surface area contributed by atoms with Crippen molar-refractivity contribution in [3.8, 4) is 0 Å². The quantitative estimate of drug-likeness (QED) is 0.664. The molecule has 1 aromatic carbocycles. The van der Waals surface area contributed by atoms with Crippen molar-refractivity contribution in [2.45, 2.75) is 58.8 Å². The van der Waals surface area contributed by atoms with Crippen molar-refractivity contribution >= 4 is 5.71 Å². The van der Waals surface area contributed by atoms with E-state index in [4.69, 9.17) is 20.3 Å². The van der Waals surface area contributed by atoms with Gasteiger partial charge in [-0.25, -0.2) is 5.06 Å². The monoisotopic (exact) mass is 422 g/mol. The lowest BCUT2D eigenvalue weighted by atomic mass is 9.78. The molecule has 2 heterocycles. The van der Waals surface area contributed by atoms with Gasteiger partial charge in [0.25, 0.3) is 0 Å². The van der Waals surface area contributed by atoms with Crippen LogP contribution in [-0.4, -0.2) is 35.7 Å². The van der Waals surface area contributed by atoms with Gasteiger partial charge in [0.1, 0.15) is 18.3 Å². The number of benzene rings is 1. The average molecular weight is 423 g/mol. The van der Waals surface area contributed by atoms with Crippen LogP contribution in [0.2, 0.25) is 0 Å². The van der Waals surface area contributed by atoms with Crippen LogP contribution in [0, 0.1) is 12.8 Å². The molecule has 0 aromatic heterocycles.